The van der Waals surface area contributed by atoms with Crippen molar-refractivity contribution in [3.8, 4) is 6.07 Å². The van der Waals surface area contributed by atoms with E-state index in [2.05, 4.69) is 22.0 Å². The second-order valence-electron chi connectivity index (χ2n) is 3.86. The molecule has 0 bridgehead atoms. The van der Waals surface area contributed by atoms with Crippen LogP contribution in [0.1, 0.15) is 15.9 Å². The third kappa shape index (κ3) is 2.98. The van der Waals surface area contributed by atoms with E-state index in [1.165, 1.54) is 0 Å². The Labute approximate surface area is 120 Å². The first-order chi connectivity index (χ1) is 9.24. The summed E-state index contributed by atoms with van der Waals surface area (Å²) in [6.45, 7) is 0. The van der Waals surface area contributed by atoms with Gasteiger partial charge in [0, 0.05) is 5.56 Å². The molecule has 0 N–H and O–H groups in total. The molecular formula is C16H10BrNO. The van der Waals surface area contributed by atoms with E-state index in [-0.39, 0.29) is 10.3 Å². The zero-order valence-electron chi connectivity index (χ0n) is 10.0. The number of nitrogens with zero attached hydrogens (tertiary/aromatic N) is 1. The van der Waals surface area contributed by atoms with E-state index in [9.17, 15) is 10.1 Å². The van der Waals surface area contributed by atoms with Crippen molar-refractivity contribution in [2.75, 3.05) is 0 Å². The molecule has 0 amide bonds. The summed E-state index contributed by atoms with van der Waals surface area (Å²) in [5.74, 6) is -0.194. The van der Waals surface area contributed by atoms with Gasteiger partial charge in [0.15, 0.2) is 0 Å². The van der Waals surface area contributed by atoms with Gasteiger partial charge in [-0.15, -0.1) is 0 Å². The Bertz CT molecular complexity index is 654. The van der Waals surface area contributed by atoms with Crippen LogP contribution in [0.2, 0.25) is 0 Å². The maximum Gasteiger partial charge on any atom is 0.201 e. The molecule has 19 heavy (non-hydrogen) atoms. The molecule has 0 saturated carbocycles. The number of carbonyl (C=O) groups is 1. The lowest BCUT2D eigenvalue weighted by Gasteiger charge is -2.04. The molecule has 0 aliphatic carbocycles. The summed E-state index contributed by atoms with van der Waals surface area (Å²) in [5.41, 5.74) is 1.62. The summed E-state index contributed by atoms with van der Waals surface area (Å²) in [5, 5.41) is 9.26. The first-order valence-electron chi connectivity index (χ1n) is 5.69. The van der Waals surface area contributed by atoms with Gasteiger partial charge in [-0.25, -0.2) is 0 Å². The average Bonchev–Trinajstić information content (AvgIpc) is 2.49. The van der Waals surface area contributed by atoms with Gasteiger partial charge < -0.3 is 0 Å². The lowest BCUT2D eigenvalue weighted by atomic mass is 10.0. The second-order valence-corrected chi connectivity index (χ2v) is 4.65. The smallest absolute Gasteiger partial charge is 0.201 e. The van der Waals surface area contributed by atoms with E-state index < -0.39 is 0 Å². The molecule has 0 radical (unpaired) electrons. The molecule has 92 valence electrons. The Morgan fingerprint density at radius 2 is 1.37 bits per heavy atom. The molecule has 2 aromatic rings. The number of hydrogen-bond acceptors (Lipinski definition) is 2. The Hall–Kier alpha value is -2.18. The molecule has 0 aliphatic rings. The quantitative estimate of drug-likeness (QED) is 0.484. The minimum Gasteiger partial charge on any atom is -0.288 e. The van der Waals surface area contributed by atoms with Gasteiger partial charge in [-0.2, -0.15) is 5.26 Å². The highest BCUT2D eigenvalue weighted by molar-refractivity contribution is 9.12. The van der Waals surface area contributed by atoms with Crippen LogP contribution in [-0.2, 0) is 0 Å². The molecule has 0 spiro atoms. The van der Waals surface area contributed by atoms with Crippen LogP contribution < -0.4 is 0 Å². The first kappa shape index (κ1) is 13.3. The Kier molecular flexibility index (Phi) is 4.27. The predicted molar refractivity (Wildman–Crippen MR) is 78.7 cm³/mol. The maximum absolute atomic E-state index is 12.3. The predicted octanol–water partition coefficient (Wildman–Crippen LogP) is 4.20. The molecule has 0 fully saturated rings. The molecule has 2 nitrogen and oxygen atoms in total. The van der Waals surface area contributed by atoms with E-state index in [0.717, 1.165) is 5.56 Å². The van der Waals surface area contributed by atoms with E-state index >= 15 is 0 Å². The van der Waals surface area contributed by atoms with Gasteiger partial charge >= 0.3 is 0 Å². The number of Topliss-reactive ketones (excluding diaryl/α,β-unsaturated/α-hetero) is 1. The Balaban J connectivity index is 2.46. The molecule has 0 unspecified atom stereocenters. The fraction of sp³-hybridized carbons (Fsp3) is 0. The normalized spacial score (nSPS) is 11.4. The maximum atomic E-state index is 12.3. The SMILES string of the molecule is N#C/C(=C(/Br)C(=O)c1ccccc1)c1ccccc1. The molecule has 0 heterocycles. The van der Waals surface area contributed by atoms with Crippen molar-refractivity contribution in [2.24, 2.45) is 0 Å². The molecule has 0 saturated heterocycles. The van der Waals surface area contributed by atoms with Crippen LogP contribution in [0.3, 0.4) is 0 Å². The molecule has 0 aliphatic heterocycles. The molecular weight excluding hydrogens is 302 g/mol. The summed E-state index contributed by atoms with van der Waals surface area (Å²) in [6, 6.07) is 20.1. The van der Waals surface area contributed by atoms with Crippen molar-refractivity contribution in [1.82, 2.24) is 0 Å². The summed E-state index contributed by atoms with van der Waals surface area (Å²) in [6.07, 6.45) is 0. The van der Waals surface area contributed by atoms with Crippen LogP contribution >= 0.6 is 15.9 Å². The van der Waals surface area contributed by atoms with Crippen molar-refractivity contribution in [3.05, 3.63) is 76.3 Å². The molecule has 2 aromatic carbocycles. The zero-order valence-corrected chi connectivity index (χ0v) is 11.6. The van der Waals surface area contributed by atoms with E-state index in [4.69, 9.17) is 0 Å². The van der Waals surface area contributed by atoms with Crippen LogP contribution in [-0.4, -0.2) is 5.78 Å². The topological polar surface area (TPSA) is 40.9 Å². The summed E-state index contributed by atoms with van der Waals surface area (Å²) >= 11 is 3.25. The standard InChI is InChI=1S/C16H10BrNO/c17-15(16(19)13-9-5-2-6-10-13)14(11-18)12-7-3-1-4-8-12/h1-10H/b15-14-. The highest BCUT2D eigenvalue weighted by atomic mass is 79.9. The number of nitriles is 1. The monoisotopic (exact) mass is 311 g/mol. The third-order valence-electron chi connectivity index (χ3n) is 2.63. The average molecular weight is 312 g/mol. The number of carbonyl (C=O) groups excluding carboxylic acids is 1. The largest absolute Gasteiger partial charge is 0.288 e. The van der Waals surface area contributed by atoms with E-state index in [1.54, 1.807) is 36.4 Å². The fourth-order valence-electron chi connectivity index (χ4n) is 1.67. The zero-order chi connectivity index (χ0) is 13.7. The summed E-state index contributed by atoms with van der Waals surface area (Å²) in [4.78, 5) is 12.3. The second kappa shape index (κ2) is 6.12. The molecule has 3 heteroatoms. The number of ketones is 1. The van der Waals surface area contributed by atoms with Gasteiger partial charge in [-0.1, -0.05) is 60.7 Å². The van der Waals surface area contributed by atoms with Gasteiger partial charge in [0.05, 0.1) is 10.1 Å². The number of rotatable bonds is 3. The minimum absolute atomic E-state index is 0.194. The highest BCUT2D eigenvalue weighted by Crippen LogP contribution is 2.25. The number of hydrogen-bond donors (Lipinski definition) is 0. The van der Waals surface area contributed by atoms with Gasteiger partial charge in [0.2, 0.25) is 5.78 Å². The third-order valence-corrected chi connectivity index (χ3v) is 3.39. The van der Waals surface area contributed by atoms with Crippen molar-refractivity contribution in [3.63, 3.8) is 0 Å². The van der Waals surface area contributed by atoms with Crippen molar-refractivity contribution in [1.29, 1.82) is 5.26 Å². The van der Waals surface area contributed by atoms with Crippen LogP contribution in [0.15, 0.2) is 65.1 Å². The van der Waals surface area contributed by atoms with Gasteiger partial charge in [-0.3, -0.25) is 4.79 Å². The Morgan fingerprint density at radius 1 is 0.895 bits per heavy atom. The fourth-order valence-corrected chi connectivity index (χ4v) is 2.22. The first-order valence-corrected chi connectivity index (χ1v) is 6.48. The number of benzene rings is 2. The van der Waals surface area contributed by atoms with Crippen LogP contribution in [0, 0.1) is 11.3 Å². The molecule has 0 atom stereocenters. The van der Waals surface area contributed by atoms with Gasteiger partial charge in [0.1, 0.15) is 6.07 Å². The van der Waals surface area contributed by atoms with Crippen molar-refractivity contribution < 1.29 is 4.79 Å². The van der Waals surface area contributed by atoms with Crippen LogP contribution in [0.4, 0.5) is 0 Å². The Morgan fingerprint density at radius 3 is 1.84 bits per heavy atom. The lowest BCUT2D eigenvalue weighted by Crippen LogP contribution is -2.00. The van der Waals surface area contributed by atoms with E-state index in [0.29, 0.717) is 11.1 Å². The van der Waals surface area contributed by atoms with Crippen LogP contribution in [0.5, 0.6) is 0 Å². The molecule has 0 aromatic heterocycles. The van der Waals surface area contributed by atoms with E-state index in [1.807, 2.05) is 24.3 Å². The van der Waals surface area contributed by atoms with Crippen LogP contribution in [0.25, 0.3) is 5.57 Å². The number of allylic oxidation sites excluding steroid dienone is 2. The minimum atomic E-state index is -0.194. The highest BCUT2D eigenvalue weighted by Gasteiger charge is 2.15. The lowest BCUT2D eigenvalue weighted by molar-refractivity contribution is 0.104. The van der Waals surface area contributed by atoms with Crippen molar-refractivity contribution >= 4 is 27.3 Å². The van der Waals surface area contributed by atoms with Gasteiger partial charge in [0.25, 0.3) is 0 Å². The van der Waals surface area contributed by atoms with Crippen molar-refractivity contribution in [2.45, 2.75) is 0 Å². The summed E-state index contributed by atoms with van der Waals surface area (Å²) in [7, 11) is 0. The number of halogens is 1. The summed E-state index contributed by atoms with van der Waals surface area (Å²) < 4.78 is 0.285. The molecule has 2 rings (SSSR count). The van der Waals surface area contributed by atoms with Gasteiger partial charge in [-0.05, 0) is 21.5 Å².